The van der Waals surface area contributed by atoms with Gasteiger partial charge < -0.3 is 28.4 Å². The molecule has 2 fully saturated rings. The van der Waals surface area contributed by atoms with Gasteiger partial charge >= 0.3 is 0 Å². The minimum absolute atomic E-state index is 0.112. The van der Waals surface area contributed by atoms with Gasteiger partial charge in [-0.1, -0.05) is 127 Å². The van der Waals surface area contributed by atoms with E-state index in [1.807, 2.05) is 78.9 Å². The zero-order chi connectivity index (χ0) is 34.8. The molecule has 5 aromatic rings. The van der Waals surface area contributed by atoms with Gasteiger partial charge in [0.1, 0.15) is 36.3 Å². The largest absolute Gasteiger partial charge is 0.488 e. The molecule has 2 heterocycles. The number of hydrogen-bond acceptors (Lipinski definition) is 6. The quantitative estimate of drug-likeness (QED) is 0.115. The van der Waals surface area contributed by atoms with Crippen LogP contribution < -0.4 is 4.74 Å². The predicted molar refractivity (Wildman–Crippen MR) is 199 cm³/mol. The van der Waals surface area contributed by atoms with Crippen molar-refractivity contribution >= 4 is 11.6 Å². The number of halogens is 1. The van der Waals surface area contributed by atoms with Gasteiger partial charge in [-0.05, 0) is 64.9 Å². The van der Waals surface area contributed by atoms with Crippen molar-refractivity contribution in [3.8, 4) is 5.75 Å². The van der Waals surface area contributed by atoms with Crippen LogP contribution in [0.2, 0.25) is 5.02 Å². The number of ether oxygens (including phenoxy) is 6. The van der Waals surface area contributed by atoms with E-state index in [0.717, 1.165) is 52.2 Å². The lowest BCUT2D eigenvalue weighted by Crippen LogP contribution is -2.56. The molecule has 0 N–H and O–H groups in total. The van der Waals surface area contributed by atoms with E-state index in [0.29, 0.717) is 37.9 Å². The fourth-order valence-electron chi connectivity index (χ4n) is 6.79. The summed E-state index contributed by atoms with van der Waals surface area (Å²) in [6.45, 7) is 4.70. The van der Waals surface area contributed by atoms with Crippen molar-refractivity contribution in [2.75, 3.05) is 13.2 Å². The number of benzene rings is 5. The molecule has 2 aliphatic rings. The summed E-state index contributed by atoms with van der Waals surface area (Å²) in [6, 6.07) is 45.0. The van der Waals surface area contributed by atoms with E-state index in [-0.39, 0.29) is 18.3 Å². The molecule has 0 radical (unpaired) electrons. The Balaban J connectivity index is 1.16. The van der Waals surface area contributed by atoms with Crippen LogP contribution in [0.25, 0.3) is 0 Å². The van der Waals surface area contributed by atoms with Crippen LogP contribution in [0.5, 0.6) is 5.75 Å². The van der Waals surface area contributed by atoms with E-state index in [1.165, 1.54) is 0 Å². The van der Waals surface area contributed by atoms with Crippen LogP contribution in [0.4, 0.5) is 0 Å². The van der Waals surface area contributed by atoms with Gasteiger partial charge in [-0.15, -0.1) is 0 Å². The molecule has 0 saturated carbocycles. The van der Waals surface area contributed by atoms with Gasteiger partial charge in [0, 0.05) is 11.4 Å². The third-order valence-electron chi connectivity index (χ3n) is 9.53. The van der Waals surface area contributed by atoms with Gasteiger partial charge in [0.2, 0.25) is 0 Å². The number of hydrogen-bond donors (Lipinski definition) is 0. The summed E-state index contributed by atoms with van der Waals surface area (Å²) >= 11 is 6.85. The minimum Gasteiger partial charge on any atom is -0.488 e. The highest BCUT2D eigenvalue weighted by Gasteiger charge is 2.47. The molecule has 0 aliphatic carbocycles. The van der Waals surface area contributed by atoms with Crippen molar-refractivity contribution in [3.05, 3.63) is 172 Å². The Labute approximate surface area is 306 Å². The zero-order valence-electron chi connectivity index (χ0n) is 28.9. The summed E-state index contributed by atoms with van der Waals surface area (Å²) in [7, 11) is 0. The monoisotopic (exact) mass is 704 g/mol. The van der Waals surface area contributed by atoms with Crippen molar-refractivity contribution in [2.24, 2.45) is 0 Å². The Morgan fingerprint density at radius 2 is 1.20 bits per heavy atom. The highest BCUT2D eigenvalue weighted by Crippen LogP contribution is 2.39. The lowest BCUT2D eigenvalue weighted by Gasteiger charge is -2.45. The second kappa shape index (κ2) is 17.5. The second-order valence-electron chi connectivity index (χ2n) is 13.3. The average Bonchev–Trinajstić information content (AvgIpc) is 3.69. The topological polar surface area (TPSA) is 55.4 Å². The van der Waals surface area contributed by atoms with E-state index >= 15 is 0 Å². The molecular weight excluding hydrogens is 660 g/mol. The molecule has 0 amide bonds. The van der Waals surface area contributed by atoms with Crippen molar-refractivity contribution in [3.63, 3.8) is 0 Å². The van der Waals surface area contributed by atoms with E-state index in [2.05, 4.69) is 61.5 Å². The van der Waals surface area contributed by atoms with Gasteiger partial charge in [0.15, 0.2) is 0 Å². The molecule has 7 rings (SSSR count). The molecular formula is C44H45ClO6. The summed E-state index contributed by atoms with van der Waals surface area (Å²) in [5, 5.41) is 0.703. The molecule has 7 heteroatoms. The maximum Gasteiger partial charge on any atom is 0.124 e. The maximum absolute atomic E-state index is 6.88. The van der Waals surface area contributed by atoms with Crippen LogP contribution >= 0.6 is 11.6 Å². The minimum atomic E-state index is -0.476. The van der Waals surface area contributed by atoms with E-state index in [4.69, 9.17) is 40.0 Å². The Hall–Kier alpha value is -4.01. The summed E-state index contributed by atoms with van der Waals surface area (Å²) < 4.78 is 38.7. The SMILES string of the molecule is C[C@H]1O[C@@H](c2ccc(Cl)c(Cc3ccc(O[C@@H]4CCOC4)cc3)c2)[C@H](OCc2ccccc2)[C@H](OCc2ccccc2)[C@@H]1OCc1ccccc1. The second-order valence-corrected chi connectivity index (χ2v) is 13.7. The Morgan fingerprint density at radius 3 is 1.76 bits per heavy atom. The molecule has 51 heavy (non-hydrogen) atoms. The van der Waals surface area contributed by atoms with Gasteiger partial charge in [-0.25, -0.2) is 0 Å². The van der Waals surface area contributed by atoms with E-state index in [1.54, 1.807) is 0 Å². The highest BCUT2D eigenvalue weighted by molar-refractivity contribution is 6.31. The maximum atomic E-state index is 6.88. The molecule has 264 valence electrons. The molecule has 6 atom stereocenters. The Morgan fingerprint density at radius 1 is 0.627 bits per heavy atom. The molecule has 6 nitrogen and oxygen atoms in total. The molecule has 2 saturated heterocycles. The van der Waals surface area contributed by atoms with Gasteiger partial charge in [0.05, 0.1) is 39.1 Å². The standard InChI is InChI=1S/C44H45ClO6/c1-31-41(47-27-33-11-5-2-6-12-33)43(48-28-34-13-7-3-8-14-34)44(49-29-35-15-9-4-10-16-35)42(50-31)36-19-22-40(45)37(26-36)25-32-17-20-38(21-18-32)51-39-23-24-46-30-39/h2-22,26,31,39,41-44H,23-25,27-30H2,1H3/t31-,39-,41-,42+,43-,44+/m1/s1. The van der Waals surface area contributed by atoms with Crippen LogP contribution in [0.15, 0.2) is 133 Å². The molecule has 5 aromatic carbocycles. The molecule has 0 spiro atoms. The Bertz CT molecular complexity index is 1780. The first-order valence-corrected chi connectivity index (χ1v) is 18.2. The van der Waals surface area contributed by atoms with Crippen LogP contribution in [-0.2, 0) is 49.9 Å². The third kappa shape index (κ3) is 9.46. The van der Waals surface area contributed by atoms with Gasteiger partial charge in [-0.2, -0.15) is 0 Å². The van der Waals surface area contributed by atoms with Gasteiger partial charge in [0.25, 0.3) is 0 Å². The van der Waals surface area contributed by atoms with E-state index in [9.17, 15) is 0 Å². The van der Waals surface area contributed by atoms with Crippen molar-refractivity contribution in [1.29, 1.82) is 0 Å². The third-order valence-corrected chi connectivity index (χ3v) is 9.90. The molecule has 2 aliphatic heterocycles. The smallest absolute Gasteiger partial charge is 0.124 e. The first-order chi connectivity index (χ1) is 25.1. The van der Waals surface area contributed by atoms with Crippen LogP contribution in [-0.4, -0.2) is 43.7 Å². The van der Waals surface area contributed by atoms with E-state index < -0.39 is 18.3 Å². The van der Waals surface area contributed by atoms with Crippen molar-refractivity contribution in [1.82, 2.24) is 0 Å². The molecule has 0 bridgehead atoms. The highest BCUT2D eigenvalue weighted by atomic mass is 35.5. The Kier molecular flexibility index (Phi) is 12.1. The average molecular weight is 705 g/mol. The lowest BCUT2D eigenvalue weighted by molar-refractivity contribution is -0.263. The van der Waals surface area contributed by atoms with Crippen molar-refractivity contribution in [2.45, 2.75) is 76.2 Å². The lowest BCUT2D eigenvalue weighted by atomic mass is 9.89. The summed E-state index contributed by atoms with van der Waals surface area (Å²) in [4.78, 5) is 0. The fraction of sp³-hybridized carbons (Fsp3) is 0.318. The first kappa shape index (κ1) is 35.4. The van der Waals surface area contributed by atoms with Crippen LogP contribution in [0.1, 0.15) is 52.8 Å². The first-order valence-electron chi connectivity index (χ1n) is 17.8. The molecule has 0 aromatic heterocycles. The zero-order valence-corrected chi connectivity index (χ0v) is 29.7. The number of rotatable bonds is 14. The van der Waals surface area contributed by atoms with Gasteiger partial charge in [-0.3, -0.25) is 0 Å². The normalized spacial score (nSPS) is 23.3. The van der Waals surface area contributed by atoms with Crippen LogP contribution in [0.3, 0.4) is 0 Å². The predicted octanol–water partition coefficient (Wildman–Crippen LogP) is 9.31. The fourth-order valence-corrected chi connectivity index (χ4v) is 6.98. The summed E-state index contributed by atoms with van der Waals surface area (Å²) in [5.74, 6) is 0.850. The van der Waals surface area contributed by atoms with Crippen LogP contribution in [0, 0.1) is 0 Å². The summed E-state index contributed by atoms with van der Waals surface area (Å²) in [5.41, 5.74) is 6.37. The molecule has 0 unspecified atom stereocenters. The summed E-state index contributed by atoms with van der Waals surface area (Å²) in [6.07, 6.45) is -0.308. The van der Waals surface area contributed by atoms with Crippen molar-refractivity contribution < 1.29 is 28.4 Å².